The molecule has 0 aliphatic rings. The van der Waals surface area contributed by atoms with Gasteiger partial charge in [-0.05, 0) is 13.8 Å². The van der Waals surface area contributed by atoms with Crippen molar-refractivity contribution in [3.63, 3.8) is 0 Å². The summed E-state index contributed by atoms with van der Waals surface area (Å²) in [6.07, 6.45) is 1.54. The summed E-state index contributed by atoms with van der Waals surface area (Å²) in [6, 6.07) is 0. The molecule has 0 aliphatic heterocycles. The van der Waals surface area contributed by atoms with Crippen molar-refractivity contribution in [1.29, 1.82) is 0 Å². The largest absolute Gasteiger partial charge is 0.384 e. The molecule has 9 heteroatoms. The van der Waals surface area contributed by atoms with Gasteiger partial charge in [-0.2, -0.15) is 10.2 Å². The molecule has 2 aromatic heterocycles. The number of nitrogen functional groups attached to an aromatic ring is 1. The molecule has 0 aromatic carbocycles. The van der Waals surface area contributed by atoms with Crippen LogP contribution >= 0.6 is 0 Å². The number of aromatic nitrogens is 4. The predicted octanol–water partition coefficient (Wildman–Crippen LogP) is -0.169. The van der Waals surface area contributed by atoms with Crippen molar-refractivity contribution in [1.82, 2.24) is 24.3 Å². The number of hydrogen-bond donors (Lipinski definition) is 2. The summed E-state index contributed by atoms with van der Waals surface area (Å²) in [5, 5.41) is 8.08. The maximum atomic E-state index is 12.3. The van der Waals surface area contributed by atoms with Crippen LogP contribution in [-0.4, -0.2) is 28.0 Å². The second-order valence-corrected chi connectivity index (χ2v) is 6.33. The van der Waals surface area contributed by atoms with Crippen LogP contribution in [0.1, 0.15) is 17.0 Å². The molecule has 0 saturated carbocycles. The van der Waals surface area contributed by atoms with Crippen molar-refractivity contribution in [2.75, 3.05) is 5.73 Å². The number of nitrogens with one attached hydrogen (secondary N) is 1. The fraction of sp³-hybridized carbons (Fsp3) is 0.455. The fourth-order valence-corrected chi connectivity index (χ4v) is 3.46. The zero-order valence-electron chi connectivity index (χ0n) is 11.9. The van der Waals surface area contributed by atoms with Crippen LogP contribution in [0.2, 0.25) is 0 Å². The van der Waals surface area contributed by atoms with Crippen molar-refractivity contribution >= 4 is 15.8 Å². The second kappa shape index (κ2) is 4.91. The molecule has 2 aromatic rings. The fourth-order valence-electron chi connectivity index (χ4n) is 2.02. The molecule has 3 N–H and O–H groups in total. The molecule has 20 heavy (non-hydrogen) atoms. The molecular formula is C11H18N6O2S. The lowest BCUT2D eigenvalue weighted by molar-refractivity contribution is 0.580. The zero-order chi connectivity index (χ0) is 15.1. The van der Waals surface area contributed by atoms with Gasteiger partial charge in [-0.25, -0.2) is 13.1 Å². The van der Waals surface area contributed by atoms with E-state index < -0.39 is 10.0 Å². The van der Waals surface area contributed by atoms with Gasteiger partial charge in [-0.1, -0.05) is 0 Å². The van der Waals surface area contributed by atoms with E-state index in [9.17, 15) is 8.42 Å². The molecule has 0 radical (unpaired) electrons. The summed E-state index contributed by atoms with van der Waals surface area (Å²) in [4.78, 5) is 0.211. The highest BCUT2D eigenvalue weighted by molar-refractivity contribution is 7.89. The van der Waals surface area contributed by atoms with Gasteiger partial charge in [0.05, 0.1) is 17.6 Å². The number of aryl methyl sites for hydroxylation is 3. The van der Waals surface area contributed by atoms with E-state index in [0.29, 0.717) is 22.8 Å². The predicted molar refractivity (Wildman–Crippen MR) is 74.3 cm³/mol. The Hall–Kier alpha value is -1.87. The minimum absolute atomic E-state index is 0.0930. The average molecular weight is 298 g/mol. The van der Waals surface area contributed by atoms with Crippen molar-refractivity contribution in [3.05, 3.63) is 23.1 Å². The molecule has 110 valence electrons. The minimum Gasteiger partial charge on any atom is -0.384 e. The zero-order valence-corrected chi connectivity index (χ0v) is 12.7. The van der Waals surface area contributed by atoms with Gasteiger partial charge in [0.25, 0.3) is 0 Å². The lowest BCUT2D eigenvalue weighted by Crippen LogP contribution is -2.24. The molecule has 0 unspecified atom stereocenters. The molecule has 0 saturated heterocycles. The first-order chi connectivity index (χ1) is 9.24. The summed E-state index contributed by atoms with van der Waals surface area (Å²) in [5.41, 5.74) is 7.48. The van der Waals surface area contributed by atoms with Crippen molar-refractivity contribution in [2.24, 2.45) is 14.1 Å². The number of rotatable bonds is 4. The number of hydrogen-bond acceptors (Lipinski definition) is 5. The van der Waals surface area contributed by atoms with Crippen LogP contribution in [-0.2, 0) is 30.7 Å². The first kappa shape index (κ1) is 14.5. The Bertz CT molecular complexity index is 743. The van der Waals surface area contributed by atoms with Crippen LogP contribution in [0.3, 0.4) is 0 Å². The Morgan fingerprint density at radius 3 is 2.40 bits per heavy atom. The van der Waals surface area contributed by atoms with Gasteiger partial charge >= 0.3 is 0 Å². The Morgan fingerprint density at radius 1 is 1.30 bits per heavy atom. The quantitative estimate of drug-likeness (QED) is 0.815. The van der Waals surface area contributed by atoms with Gasteiger partial charge in [0.2, 0.25) is 10.0 Å². The Labute approximate surface area is 117 Å². The molecule has 2 heterocycles. The van der Waals surface area contributed by atoms with Crippen LogP contribution in [0.5, 0.6) is 0 Å². The Kier molecular flexibility index (Phi) is 3.57. The molecule has 0 bridgehead atoms. The van der Waals surface area contributed by atoms with Crippen molar-refractivity contribution in [3.8, 4) is 0 Å². The summed E-state index contributed by atoms with van der Waals surface area (Å²) < 4.78 is 30.3. The highest BCUT2D eigenvalue weighted by atomic mass is 32.2. The number of nitrogens with zero attached hydrogens (tertiary/aromatic N) is 4. The maximum Gasteiger partial charge on any atom is 0.244 e. The third-order valence-electron chi connectivity index (χ3n) is 3.23. The van der Waals surface area contributed by atoms with E-state index in [2.05, 4.69) is 14.9 Å². The lowest BCUT2D eigenvalue weighted by atomic mass is 10.3. The highest BCUT2D eigenvalue weighted by Crippen LogP contribution is 2.19. The summed E-state index contributed by atoms with van der Waals surface area (Å²) in [5.74, 6) is 0.437. The van der Waals surface area contributed by atoms with Crippen molar-refractivity contribution in [2.45, 2.75) is 25.3 Å². The number of anilines is 1. The third-order valence-corrected chi connectivity index (χ3v) is 4.88. The SMILES string of the molecule is Cc1nn(C)c(C)c1S(=O)(=O)NCc1cnn(C)c1N. The smallest absolute Gasteiger partial charge is 0.244 e. The van der Waals surface area contributed by atoms with E-state index in [-0.39, 0.29) is 11.4 Å². The normalized spacial score (nSPS) is 12.0. The monoisotopic (exact) mass is 298 g/mol. The lowest BCUT2D eigenvalue weighted by Gasteiger charge is -2.07. The Balaban J connectivity index is 2.26. The molecule has 0 atom stereocenters. The second-order valence-electron chi connectivity index (χ2n) is 4.63. The number of sulfonamides is 1. The highest BCUT2D eigenvalue weighted by Gasteiger charge is 2.23. The minimum atomic E-state index is -3.63. The van der Waals surface area contributed by atoms with E-state index in [4.69, 9.17) is 5.73 Å². The Morgan fingerprint density at radius 2 is 1.95 bits per heavy atom. The van der Waals surface area contributed by atoms with Crippen molar-refractivity contribution < 1.29 is 8.42 Å². The van der Waals surface area contributed by atoms with Gasteiger partial charge in [0, 0.05) is 26.2 Å². The first-order valence-corrected chi connectivity index (χ1v) is 7.48. The molecule has 0 fully saturated rings. The van der Waals surface area contributed by atoms with Crippen LogP contribution in [0.15, 0.2) is 11.1 Å². The maximum absolute atomic E-state index is 12.3. The van der Waals surface area contributed by atoms with Crippen LogP contribution in [0.25, 0.3) is 0 Å². The first-order valence-electron chi connectivity index (χ1n) is 6.00. The van der Waals surface area contributed by atoms with E-state index in [1.165, 1.54) is 4.68 Å². The summed E-state index contributed by atoms with van der Waals surface area (Å²) in [6.45, 7) is 3.47. The molecule has 0 spiro atoms. The van der Waals surface area contributed by atoms with E-state index >= 15 is 0 Å². The molecule has 8 nitrogen and oxygen atoms in total. The topological polar surface area (TPSA) is 108 Å². The van der Waals surface area contributed by atoms with E-state index in [0.717, 1.165) is 0 Å². The van der Waals surface area contributed by atoms with Crippen LogP contribution in [0.4, 0.5) is 5.82 Å². The summed E-state index contributed by atoms with van der Waals surface area (Å²) in [7, 11) is -0.226. The van der Waals surface area contributed by atoms with Crippen LogP contribution < -0.4 is 10.5 Å². The van der Waals surface area contributed by atoms with Gasteiger partial charge < -0.3 is 5.73 Å². The molecular weight excluding hydrogens is 280 g/mol. The summed E-state index contributed by atoms with van der Waals surface area (Å²) >= 11 is 0. The molecule has 0 aliphatic carbocycles. The molecule has 0 amide bonds. The average Bonchev–Trinajstić information content (AvgIpc) is 2.80. The van der Waals surface area contributed by atoms with E-state index in [1.54, 1.807) is 38.8 Å². The number of nitrogens with two attached hydrogens (primary N) is 1. The van der Waals surface area contributed by atoms with Gasteiger partial charge in [0.1, 0.15) is 10.7 Å². The van der Waals surface area contributed by atoms with Gasteiger partial charge in [0.15, 0.2) is 0 Å². The van der Waals surface area contributed by atoms with Gasteiger partial charge in [-0.3, -0.25) is 9.36 Å². The standard InChI is InChI=1S/C11H18N6O2S/c1-7-10(8(2)16(3)15-7)20(18,19)14-6-9-5-13-17(4)11(9)12/h5,14H,6,12H2,1-4H3. The van der Waals surface area contributed by atoms with Gasteiger partial charge in [-0.15, -0.1) is 0 Å². The van der Waals surface area contributed by atoms with E-state index in [1.807, 2.05) is 0 Å². The molecule has 2 rings (SSSR count). The van der Waals surface area contributed by atoms with Crippen LogP contribution in [0, 0.1) is 13.8 Å². The third kappa shape index (κ3) is 2.41.